The molecule has 1 rings (SSSR count). The van der Waals surface area contributed by atoms with Gasteiger partial charge >= 0.3 is 11.9 Å². The van der Waals surface area contributed by atoms with Crippen LogP contribution in [0.25, 0.3) is 0 Å². The summed E-state index contributed by atoms with van der Waals surface area (Å²) in [7, 11) is 0. The summed E-state index contributed by atoms with van der Waals surface area (Å²) >= 11 is 0. The third-order valence-corrected chi connectivity index (χ3v) is 9.17. The second-order valence-electron chi connectivity index (χ2n) is 13.8. The summed E-state index contributed by atoms with van der Waals surface area (Å²) in [5, 5.41) is 10.0. The fourth-order valence-corrected chi connectivity index (χ4v) is 6.03. The summed E-state index contributed by atoms with van der Waals surface area (Å²) in [6, 6.07) is 0. The molecule has 1 saturated heterocycles. The average molecular weight is 651 g/mol. The van der Waals surface area contributed by atoms with Crippen LogP contribution in [0.1, 0.15) is 200 Å². The number of hydrogen-bond acceptors (Lipinski definition) is 6. The summed E-state index contributed by atoms with van der Waals surface area (Å²) in [5.41, 5.74) is 0. The maximum absolute atomic E-state index is 12.0. The van der Waals surface area contributed by atoms with Crippen molar-refractivity contribution < 1.29 is 28.9 Å². The number of allylic oxidation sites excluding steroid dienone is 1. The molecule has 0 aromatic carbocycles. The number of aliphatic hydroxyl groups is 1. The first-order chi connectivity index (χ1) is 22.6. The van der Waals surface area contributed by atoms with Crippen LogP contribution in [-0.4, -0.2) is 48.6 Å². The van der Waals surface area contributed by atoms with Crippen molar-refractivity contribution >= 4 is 11.9 Å². The minimum Gasteiger partial charge on any atom is -0.463 e. The lowest BCUT2D eigenvalue weighted by Gasteiger charge is -2.12. The van der Waals surface area contributed by atoms with Crippen LogP contribution >= 0.6 is 0 Å². The lowest BCUT2D eigenvalue weighted by molar-refractivity contribution is -0.152. The zero-order valence-corrected chi connectivity index (χ0v) is 30.3. The third kappa shape index (κ3) is 28.8. The first kappa shape index (κ1) is 42.6. The number of hydrogen-bond donors (Lipinski definition) is 1. The van der Waals surface area contributed by atoms with Gasteiger partial charge in [0.1, 0.15) is 19.3 Å². The van der Waals surface area contributed by atoms with Gasteiger partial charge in [-0.25, -0.2) is 0 Å². The van der Waals surface area contributed by atoms with Crippen molar-refractivity contribution in [2.45, 2.75) is 218 Å². The van der Waals surface area contributed by atoms with Gasteiger partial charge in [0.25, 0.3) is 0 Å². The van der Waals surface area contributed by atoms with E-state index in [1.807, 2.05) is 0 Å². The highest BCUT2D eigenvalue weighted by atomic mass is 16.6. The molecule has 1 heterocycles. The van der Waals surface area contributed by atoms with Crippen LogP contribution in [-0.2, 0) is 23.8 Å². The number of unbranched alkanes of at least 4 members (excludes halogenated alkanes) is 22. The summed E-state index contributed by atoms with van der Waals surface area (Å²) in [6.07, 6.45) is 38.6. The highest BCUT2D eigenvalue weighted by Crippen LogP contribution is 2.30. The van der Waals surface area contributed by atoms with Crippen LogP contribution in [0, 0.1) is 0 Å². The Hall–Kier alpha value is -1.40. The smallest absolute Gasteiger partial charge is 0.305 e. The Kier molecular flexibility index (Phi) is 29.8. The van der Waals surface area contributed by atoms with E-state index in [1.165, 1.54) is 116 Å². The molecule has 0 radical (unpaired) electrons. The Morgan fingerprint density at radius 1 is 0.565 bits per heavy atom. The summed E-state index contributed by atoms with van der Waals surface area (Å²) < 4.78 is 16.1. The molecule has 46 heavy (non-hydrogen) atoms. The van der Waals surface area contributed by atoms with E-state index in [0.29, 0.717) is 25.0 Å². The number of aliphatic hydroxyl groups excluding tert-OH is 1. The van der Waals surface area contributed by atoms with E-state index in [0.717, 1.165) is 57.8 Å². The molecule has 0 amide bonds. The lowest BCUT2D eigenvalue weighted by Crippen LogP contribution is -2.25. The molecule has 1 N–H and O–H groups in total. The minimum atomic E-state index is -0.969. The molecule has 0 bridgehead atoms. The molecular formula is C40H74O6. The Bertz CT molecular complexity index is 723. The van der Waals surface area contributed by atoms with E-state index in [9.17, 15) is 14.7 Å². The zero-order chi connectivity index (χ0) is 33.3. The number of esters is 2. The maximum Gasteiger partial charge on any atom is 0.305 e. The Labute approximate surface area is 284 Å². The van der Waals surface area contributed by atoms with Gasteiger partial charge in [0, 0.05) is 12.8 Å². The second-order valence-corrected chi connectivity index (χ2v) is 13.8. The topological polar surface area (TPSA) is 85.4 Å². The normalized spacial score (nSPS) is 16.6. The minimum absolute atomic E-state index is 0.119. The number of rotatable bonds is 35. The molecule has 0 spiro atoms. The quantitative estimate of drug-likeness (QED) is 0.0318. The fraction of sp³-hybridized carbons (Fsp3) is 0.900. The largest absolute Gasteiger partial charge is 0.463 e. The number of epoxide rings is 1. The number of carbonyl (C=O) groups is 2. The van der Waals surface area contributed by atoms with Crippen molar-refractivity contribution in [3.63, 3.8) is 0 Å². The van der Waals surface area contributed by atoms with Crippen LogP contribution in [0.3, 0.4) is 0 Å². The molecule has 0 aliphatic carbocycles. The van der Waals surface area contributed by atoms with Crippen LogP contribution in [0.15, 0.2) is 12.2 Å². The average Bonchev–Trinajstić information content (AvgIpc) is 3.81. The predicted molar refractivity (Wildman–Crippen MR) is 191 cm³/mol. The van der Waals surface area contributed by atoms with Crippen molar-refractivity contribution in [3.8, 4) is 0 Å². The first-order valence-corrected chi connectivity index (χ1v) is 19.9. The van der Waals surface area contributed by atoms with Gasteiger partial charge in [-0.3, -0.25) is 9.59 Å². The molecule has 270 valence electrons. The highest BCUT2D eigenvalue weighted by molar-refractivity contribution is 5.69. The van der Waals surface area contributed by atoms with Crippen molar-refractivity contribution in [1.29, 1.82) is 0 Å². The van der Waals surface area contributed by atoms with E-state index < -0.39 is 6.10 Å². The van der Waals surface area contributed by atoms with Gasteiger partial charge in [-0.2, -0.15) is 0 Å². The predicted octanol–water partition coefficient (Wildman–Crippen LogP) is 11.1. The molecular weight excluding hydrogens is 576 g/mol. The molecule has 1 aliphatic heterocycles. The molecule has 0 aromatic heterocycles. The van der Waals surface area contributed by atoms with Gasteiger partial charge in [0.05, 0.1) is 12.2 Å². The van der Waals surface area contributed by atoms with Crippen LogP contribution in [0.5, 0.6) is 0 Å². The van der Waals surface area contributed by atoms with Crippen molar-refractivity contribution in [2.24, 2.45) is 0 Å². The van der Waals surface area contributed by atoms with Gasteiger partial charge < -0.3 is 19.3 Å². The SMILES string of the molecule is CCCCC/C=C\CC1OC1CCCCCCCC(=O)OC[C@@H](O)COC(=O)CCCCCCCCCCCCCCCCCC. The van der Waals surface area contributed by atoms with Crippen LogP contribution < -0.4 is 0 Å². The third-order valence-electron chi connectivity index (χ3n) is 9.17. The summed E-state index contributed by atoms with van der Waals surface area (Å²) in [5.74, 6) is -0.579. The first-order valence-electron chi connectivity index (χ1n) is 19.9. The Morgan fingerprint density at radius 3 is 1.46 bits per heavy atom. The molecule has 2 unspecified atom stereocenters. The second kappa shape index (κ2) is 32.2. The fourth-order valence-electron chi connectivity index (χ4n) is 6.03. The molecule has 3 atom stereocenters. The van der Waals surface area contributed by atoms with E-state index in [2.05, 4.69) is 26.0 Å². The van der Waals surface area contributed by atoms with E-state index in [4.69, 9.17) is 14.2 Å². The maximum atomic E-state index is 12.0. The van der Waals surface area contributed by atoms with Gasteiger partial charge in [-0.15, -0.1) is 0 Å². The van der Waals surface area contributed by atoms with E-state index in [1.54, 1.807) is 0 Å². The van der Waals surface area contributed by atoms with Gasteiger partial charge in [0.2, 0.25) is 0 Å². The number of carbonyl (C=O) groups excluding carboxylic acids is 2. The van der Waals surface area contributed by atoms with Crippen LogP contribution in [0.2, 0.25) is 0 Å². The standard InChI is InChI=1S/C40H74O6/c1-3-5-7-9-11-12-13-14-15-16-17-18-19-20-24-28-32-39(42)44-34-36(41)35-45-40(43)33-29-25-21-23-27-31-38-37(46-38)30-26-22-10-8-6-4-2/h22,26,36-38,41H,3-21,23-25,27-35H2,1-2H3/b26-22-/t36-,37?,38?/m0/s1. The van der Waals surface area contributed by atoms with E-state index in [-0.39, 0.29) is 25.2 Å². The monoisotopic (exact) mass is 651 g/mol. The van der Waals surface area contributed by atoms with Crippen LogP contribution in [0.4, 0.5) is 0 Å². The molecule has 1 fully saturated rings. The van der Waals surface area contributed by atoms with Crippen molar-refractivity contribution in [2.75, 3.05) is 13.2 Å². The zero-order valence-electron chi connectivity index (χ0n) is 30.3. The summed E-state index contributed by atoms with van der Waals surface area (Å²) in [4.78, 5) is 24.0. The Morgan fingerprint density at radius 2 is 0.978 bits per heavy atom. The van der Waals surface area contributed by atoms with E-state index >= 15 is 0 Å². The molecule has 6 nitrogen and oxygen atoms in total. The molecule has 0 aromatic rings. The summed E-state index contributed by atoms with van der Waals surface area (Å²) in [6.45, 7) is 4.26. The van der Waals surface area contributed by atoms with Crippen molar-refractivity contribution in [3.05, 3.63) is 12.2 Å². The van der Waals surface area contributed by atoms with Gasteiger partial charge in [-0.1, -0.05) is 161 Å². The molecule has 0 saturated carbocycles. The Balaban J connectivity index is 1.80. The highest BCUT2D eigenvalue weighted by Gasteiger charge is 2.36. The molecule has 6 heteroatoms. The molecule has 1 aliphatic rings. The van der Waals surface area contributed by atoms with Gasteiger partial charge in [-0.05, 0) is 38.5 Å². The van der Waals surface area contributed by atoms with Crippen molar-refractivity contribution in [1.82, 2.24) is 0 Å². The van der Waals surface area contributed by atoms with Gasteiger partial charge in [0.15, 0.2) is 0 Å². The lowest BCUT2D eigenvalue weighted by atomic mass is 10.0. The number of ether oxygens (including phenoxy) is 3.